The molecule has 0 saturated carbocycles. The maximum atomic E-state index is 0. The largest absolute Gasteiger partial charge is 2.00 e. The smallest absolute Gasteiger partial charge is 1.00 e. The SMILES string of the molecule is O.O.O.O.O.O.O.O.O.O.O.O.O.O.O.O.O.O.O.O.O.O.O.O.O.[H-].[H-].[H-].[H-].[H-].[H-].[H-].[H-].[H-].[H-].[H-].[H-].[H-].[H-].[H-].[H-].[H-].[H-].[H-].[H-].[H-].[H-].[H-].[H-].[H-].[H-].[H-].[H-].[H-].[H-].[H-].[H-].[H-].[H-].[H-].[H-].[H-].[H-].[H-].[H-].[Mg+2].[Mg+2].[Mg+2].[Mg+2].[Mg+2].[Mg+2].[Mg+2].[Mg+2].[Mg+2].[Mg+2].[Mg+2].[Mg+2].[Mg+2].[Mg+2].[Mg+2].[Mg+2].[Mg+2].[Mg+2].[Mg+2].[Mg+2]. The van der Waals surface area contributed by atoms with Crippen LogP contribution in [0.2, 0.25) is 0 Å². The van der Waals surface area contributed by atoms with Crippen LogP contribution < -0.4 is 0 Å². The quantitative estimate of drug-likeness (QED) is 0.204. The molecule has 0 rings (SSSR count). The molecule has 0 spiro atoms. The van der Waals surface area contributed by atoms with E-state index in [9.17, 15) is 0 Å². The van der Waals surface area contributed by atoms with Crippen molar-refractivity contribution in [3.8, 4) is 0 Å². The molecule has 0 bridgehead atoms. The van der Waals surface area contributed by atoms with Crippen LogP contribution in [0, 0.1) is 0 Å². The van der Waals surface area contributed by atoms with E-state index in [0.29, 0.717) is 0 Å². The maximum Gasteiger partial charge on any atom is 2.00 e. The van der Waals surface area contributed by atoms with E-state index in [1.807, 2.05) is 0 Å². The molecule has 0 aromatic heterocycles. The fourth-order valence-electron chi connectivity index (χ4n) is 0. The molecule has 25 nitrogen and oxygen atoms in total. The van der Waals surface area contributed by atoms with Crippen molar-refractivity contribution in [3.63, 3.8) is 0 Å². The molecule has 0 aliphatic rings. The van der Waals surface area contributed by atoms with Crippen molar-refractivity contribution in [2.45, 2.75) is 0 Å². The molecule has 0 saturated heterocycles. The van der Waals surface area contributed by atoms with Crippen LogP contribution in [0.4, 0.5) is 0 Å². The fourth-order valence-corrected chi connectivity index (χ4v) is 0. The van der Waals surface area contributed by atoms with Gasteiger partial charge in [-0.15, -0.1) is 0 Å². The summed E-state index contributed by atoms with van der Waals surface area (Å²) in [5.41, 5.74) is 0. The van der Waals surface area contributed by atoms with E-state index in [4.69, 9.17) is 0 Å². The van der Waals surface area contributed by atoms with E-state index in [0.717, 1.165) is 0 Å². The monoisotopic (exact) mass is 970 g/mol. The summed E-state index contributed by atoms with van der Waals surface area (Å²) in [6.45, 7) is 0. The minimum atomic E-state index is 0. The summed E-state index contributed by atoms with van der Waals surface area (Å²) >= 11 is 0. The molecule has 0 aromatic carbocycles. The summed E-state index contributed by atoms with van der Waals surface area (Å²) in [5, 5.41) is 0. The Bertz CT molecular complexity index is 129. The Morgan fingerprint density at radius 2 is 0.0667 bits per heavy atom. The van der Waals surface area contributed by atoms with Crippen LogP contribution in [0.5, 0.6) is 0 Å². The first-order chi connectivity index (χ1) is 0. The first-order valence-electron chi connectivity index (χ1n) is 0. The molecule has 0 fully saturated rings. The fraction of sp³-hybridized carbons (Fsp3) is 0. The van der Waals surface area contributed by atoms with Gasteiger partial charge >= 0.3 is 461 Å². The third kappa shape index (κ3) is 902. The summed E-state index contributed by atoms with van der Waals surface area (Å²) in [7, 11) is 0. The topological polar surface area (TPSA) is 788 Å². The van der Waals surface area contributed by atoms with E-state index in [2.05, 4.69) is 0 Å². The van der Waals surface area contributed by atoms with E-state index < -0.39 is 0 Å². The van der Waals surface area contributed by atoms with Gasteiger partial charge in [0.15, 0.2) is 0 Å². The van der Waals surface area contributed by atoms with Gasteiger partial charge in [-0.25, -0.2) is 0 Å². The standard InChI is InChI=1S/20Mg.25H2O.40H/h;;;;;;;;;;;;;;;;;;;;25*1H2;;;;;;;;;;;;;;;;;;;;;;;;;;;;;;;;;;;;;;;;/q20*+2;;;;;;;;;;;;;;;;;;;;;;;;;;40*-1. The molecule has 0 aromatic rings. The second-order valence-corrected chi connectivity index (χ2v) is 0. The van der Waals surface area contributed by atoms with Gasteiger partial charge in [-0.3, -0.25) is 0 Å². The van der Waals surface area contributed by atoms with E-state index >= 15 is 0 Å². The first-order valence-corrected chi connectivity index (χ1v) is 0. The van der Waals surface area contributed by atoms with Gasteiger partial charge in [0.1, 0.15) is 0 Å². The van der Waals surface area contributed by atoms with Crippen molar-refractivity contribution >= 4 is 461 Å². The molecule has 45 heteroatoms. The predicted molar refractivity (Wildman–Crippen MR) is 250 cm³/mol. The normalized spacial score (nSPS) is 0. The van der Waals surface area contributed by atoms with Crippen LogP contribution in [-0.2, 0) is 0 Å². The van der Waals surface area contributed by atoms with Gasteiger partial charge in [-0.1, -0.05) is 0 Å². The number of hydrogen-bond acceptors (Lipinski definition) is 0. The maximum absolute atomic E-state index is 0. The Hall–Kier alpha value is 14.3. The Morgan fingerprint density at radius 3 is 0.0667 bits per heavy atom. The van der Waals surface area contributed by atoms with Crippen molar-refractivity contribution in [1.29, 1.82) is 0 Å². The van der Waals surface area contributed by atoms with Gasteiger partial charge in [-0.2, -0.15) is 0 Å². The van der Waals surface area contributed by atoms with Crippen molar-refractivity contribution in [2.24, 2.45) is 0 Å². The van der Waals surface area contributed by atoms with Crippen molar-refractivity contribution in [3.05, 3.63) is 0 Å². The molecule has 280 valence electrons. The summed E-state index contributed by atoms with van der Waals surface area (Å²) < 4.78 is 0. The second-order valence-electron chi connectivity index (χ2n) is 0. The molecule has 0 heterocycles. The molecule has 0 aliphatic heterocycles. The van der Waals surface area contributed by atoms with Crippen LogP contribution in [0.25, 0.3) is 0 Å². The van der Waals surface area contributed by atoms with Crippen LogP contribution in [0.3, 0.4) is 0 Å². The molecule has 50 N–H and O–H groups in total. The minimum Gasteiger partial charge on any atom is -1.00 e. The van der Waals surface area contributed by atoms with Crippen LogP contribution in [0.15, 0.2) is 0 Å². The predicted octanol–water partition coefficient (Wildman–Crippen LogP) is -23.7. The third-order valence-electron chi connectivity index (χ3n) is 0. The van der Waals surface area contributed by atoms with Gasteiger partial charge in [0.25, 0.3) is 0 Å². The third-order valence-corrected chi connectivity index (χ3v) is 0. The number of rotatable bonds is 0. The zero-order chi connectivity index (χ0) is 0. The van der Waals surface area contributed by atoms with Crippen molar-refractivity contribution in [2.75, 3.05) is 0 Å². The molecule has 0 radical (unpaired) electrons. The van der Waals surface area contributed by atoms with Gasteiger partial charge < -0.3 is 194 Å². The Labute approximate surface area is 643 Å². The van der Waals surface area contributed by atoms with Gasteiger partial charge in [0, 0.05) is 0 Å². The Morgan fingerprint density at radius 1 is 0.0667 bits per heavy atom. The average Bonchev–Trinajstić information content (AvgIpc) is 0. The zero-order valence-electron chi connectivity index (χ0n) is 66.6. The minimum absolute atomic E-state index is 0. The molecule has 0 unspecified atom stereocenters. The van der Waals surface area contributed by atoms with E-state index in [1.54, 1.807) is 0 Å². The summed E-state index contributed by atoms with van der Waals surface area (Å²) in [5.74, 6) is 0. The molecule has 45 heavy (non-hydrogen) atoms. The molecule has 0 amide bonds. The van der Waals surface area contributed by atoms with Crippen molar-refractivity contribution < 1.29 is 194 Å². The number of hydrogen-bond donors (Lipinski definition) is 0. The Kier molecular flexibility index (Phi) is 20400. The Balaban J connectivity index is 0. The molecule has 0 aliphatic carbocycles. The van der Waals surface area contributed by atoms with Crippen LogP contribution in [-0.4, -0.2) is 598 Å². The van der Waals surface area contributed by atoms with Gasteiger partial charge in [0.05, 0.1) is 0 Å². The van der Waals surface area contributed by atoms with E-state index in [-0.39, 0.29) is 655 Å². The summed E-state index contributed by atoms with van der Waals surface area (Å²) in [6.07, 6.45) is 0. The average molecular weight is 977 g/mol. The second kappa shape index (κ2) is 934. The summed E-state index contributed by atoms with van der Waals surface area (Å²) in [6, 6.07) is 0. The van der Waals surface area contributed by atoms with E-state index in [1.165, 1.54) is 0 Å². The molecular weight excluding hydrogens is 886 g/mol. The van der Waals surface area contributed by atoms with Crippen LogP contribution in [0.1, 0.15) is 57.1 Å². The van der Waals surface area contributed by atoms with Gasteiger partial charge in [0.2, 0.25) is 0 Å². The van der Waals surface area contributed by atoms with Crippen LogP contribution >= 0.6 is 0 Å². The summed E-state index contributed by atoms with van der Waals surface area (Å²) in [4.78, 5) is 0. The first kappa shape index (κ1) is 983. The zero-order valence-corrected chi connectivity index (χ0v) is 54.9. The molecular formula is H90Mg20O25. The van der Waals surface area contributed by atoms with Crippen molar-refractivity contribution in [1.82, 2.24) is 0 Å². The van der Waals surface area contributed by atoms with Gasteiger partial charge in [-0.05, 0) is 0 Å². The molecule has 0 atom stereocenters.